The molecule has 1 unspecified atom stereocenters. The predicted molar refractivity (Wildman–Crippen MR) is 98.0 cm³/mol. The number of anilines is 2. The Labute approximate surface area is 151 Å². The Morgan fingerprint density at radius 1 is 1.24 bits per heavy atom. The van der Waals surface area contributed by atoms with Gasteiger partial charge in [0.05, 0.1) is 11.9 Å². The van der Waals surface area contributed by atoms with Gasteiger partial charge < -0.3 is 5.32 Å². The normalized spacial score (nSPS) is 12.5. The summed E-state index contributed by atoms with van der Waals surface area (Å²) in [7, 11) is -3.81. The van der Waals surface area contributed by atoms with E-state index in [-0.39, 0.29) is 5.69 Å². The van der Waals surface area contributed by atoms with Crippen LogP contribution in [0.25, 0.3) is 0 Å². The number of nitrogens with zero attached hydrogens (tertiary/aromatic N) is 1. The van der Waals surface area contributed by atoms with Gasteiger partial charge in [-0.3, -0.25) is 9.10 Å². The number of rotatable bonds is 5. The van der Waals surface area contributed by atoms with Crippen molar-refractivity contribution in [2.45, 2.75) is 19.9 Å². The number of amides is 1. The van der Waals surface area contributed by atoms with Crippen molar-refractivity contribution < 1.29 is 17.6 Å². The van der Waals surface area contributed by atoms with Gasteiger partial charge in [0.2, 0.25) is 15.9 Å². The largest absolute Gasteiger partial charge is 0.324 e. The molecule has 2 rings (SSSR count). The smallest absolute Gasteiger partial charge is 0.247 e. The minimum Gasteiger partial charge on any atom is -0.324 e. The number of sulfonamides is 1. The first-order valence-electron chi connectivity index (χ1n) is 7.41. The highest BCUT2D eigenvalue weighted by Crippen LogP contribution is 2.24. The zero-order valence-electron chi connectivity index (χ0n) is 14.0. The molecule has 0 aromatic heterocycles. The summed E-state index contributed by atoms with van der Waals surface area (Å²) < 4.78 is 38.6. The average molecular weight is 385 g/mol. The number of hydrogen-bond donors (Lipinski definition) is 1. The maximum absolute atomic E-state index is 13.5. The molecule has 0 aliphatic carbocycles. The number of carbonyl (C=O) groups excluding carboxylic acids is 1. The molecule has 1 N–H and O–H groups in total. The molecular formula is C17H18ClFN2O3S. The highest BCUT2D eigenvalue weighted by molar-refractivity contribution is 7.92. The lowest BCUT2D eigenvalue weighted by Gasteiger charge is -2.28. The third kappa shape index (κ3) is 4.70. The van der Waals surface area contributed by atoms with E-state index in [1.54, 1.807) is 18.2 Å². The summed E-state index contributed by atoms with van der Waals surface area (Å²) in [6.07, 6.45) is 0.963. The predicted octanol–water partition coefficient (Wildman–Crippen LogP) is 3.58. The molecule has 5 nitrogen and oxygen atoms in total. The van der Waals surface area contributed by atoms with E-state index in [1.807, 2.05) is 6.92 Å². The van der Waals surface area contributed by atoms with E-state index < -0.39 is 27.8 Å². The minimum atomic E-state index is -3.81. The molecule has 1 amide bonds. The van der Waals surface area contributed by atoms with Gasteiger partial charge in [-0.05, 0) is 49.7 Å². The van der Waals surface area contributed by atoms with Crippen LogP contribution in [0.5, 0.6) is 0 Å². The summed E-state index contributed by atoms with van der Waals surface area (Å²) in [6.45, 7) is 3.25. The molecule has 0 heterocycles. The van der Waals surface area contributed by atoms with Gasteiger partial charge in [-0.25, -0.2) is 12.8 Å². The molecule has 25 heavy (non-hydrogen) atoms. The second-order valence-corrected chi connectivity index (χ2v) is 7.93. The van der Waals surface area contributed by atoms with E-state index in [1.165, 1.54) is 25.1 Å². The van der Waals surface area contributed by atoms with Crippen molar-refractivity contribution in [3.8, 4) is 0 Å². The van der Waals surface area contributed by atoms with E-state index in [0.29, 0.717) is 10.7 Å². The summed E-state index contributed by atoms with van der Waals surface area (Å²) in [6, 6.07) is 8.97. The quantitative estimate of drug-likeness (QED) is 0.856. The van der Waals surface area contributed by atoms with E-state index in [0.717, 1.165) is 22.2 Å². The van der Waals surface area contributed by atoms with Crippen molar-refractivity contribution in [2.75, 3.05) is 15.9 Å². The van der Waals surface area contributed by atoms with E-state index in [4.69, 9.17) is 11.6 Å². The first-order valence-corrected chi connectivity index (χ1v) is 9.64. The van der Waals surface area contributed by atoms with Crippen molar-refractivity contribution in [3.05, 3.63) is 58.9 Å². The first-order chi connectivity index (χ1) is 11.6. The molecule has 0 fully saturated rings. The van der Waals surface area contributed by atoms with E-state index in [9.17, 15) is 17.6 Å². The molecule has 0 bridgehead atoms. The Bertz CT molecular complexity index is 903. The lowest BCUT2D eigenvalue weighted by Crippen LogP contribution is -2.45. The molecule has 0 saturated heterocycles. The van der Waals surface area contributed by atoms with Gasteiger partial charge in [-0.2, -0.15) is 0 Å². The van der Waals surface area contributed by atoms with E-state index >= 15 is 0 Å². The maximum atomic E-state index is 13.5. The SMILES string of the molecule is Cc1ccc(NC(=O)C(C)N(c2cccc(F)c2)S(C)(=O)=O)cc1Cl. The first kappa shape index (κ1) is 19.2. The highest BCUT2D eigenvalue weighted by atomic mass is 35.5. The maximum Gasteiger partial charge on any atom is 0.247 e. The molecule has 0 radical (unpaired) electrons. The van der Waals surface area contributed by atoms with Crippen molar-refractivity contribution >= 4 is 38.9 Å². The van der Waals surface area contributed by atoms with Crippen LogP contribution in [0.15, 0.2) is 42.5 Å². The lowest BCUT2D eigenvalue weighted by molar-refractivity contribution is -0.116. The second-order valence-electron chi connectivity index (χ2n) is 5.67. The van der Waals surface area contributed by atoms with Gasteiger partial charge >= 0.3 is 0 Å². The molecule has 0 aliphatic heterocycles. The summed E-state index contributed by atoms with van der Waals surface area (Å²) in [5, 5.41) is 3.11. The number of hydrogen-bond acceptors (Lipinski definition) is 3. The number of carbonyl (C=O) groups is 1. The lowest BCUT2D eigenvalue weighted by atomic mass is 10.2. The molecular weight excluding hydrogens is 367 g/mol. The van der Waals surface area contributed by atoms with Crippen LogP contribution in [0, 0.1) is 12.7 Å². The van der Waals surface area contributed by atoms with Crippen LogP contribution >= 0.6 is 11.6 Å². The Kier molecular flexibility index (Phi) is 5.69. The second kappa shape index (κ2) is 7.41. The summed E-state index contributed by atoms with van der Waals surface area (Å²) >= 11 is 6.03. The van der Waals surface area contributed by atoms with E-state index in [2.05, 4.69) is 5.32 Å². The standard InChI is InChI=1S/C17H18ClFN2O3S/c1-11-7-8-14(10-16(11)18)20-17(22)12(2)21(25(3,23)24)15-6-4-5-13(19)9-15/h4-10,12H,1-3H3,(H,20,22). The van der Waals surface area contributed by atoms with Crippen molar-refractivity contribution in [1.29, 1.82) is 0 Å². The third-order valence-corrected chi connectivity index (χ3v) is 5.24. The molecule has 0 aliphatic rings. The van der Waals surface area contributed by atoms with Gasteiger partial charge in [0, 0.05) is 10.7 Å². The van der Waals surface area contributed by atoms with Crippen LogP contribution < -0.4 is 9.62 Å². The number of nitrogens with one attached hydrogen (secondary N) is 1. The van der Waals surface area contributed by atoms with Crippen molar-refractivity contribution in [2.24, 2.45) is 0 Å². The zero-order valence-corrected chi connectivity index (χ0v) is 15.5. The third-order valence-electron chi connectivity index (χ3n) is 3.59. The van der Waals surface area contributed by atoms with Crippen LogP contribution in [0.3, 0.4) is 0 Å². The summed E-state index contributed by atoms with van der Waals surface area (Å²) in [4.78, 5) is 12.5. The molecule has 134 valence electrons. The number of benzene rings is 2. The molecule has 8 heteroatoms. The average Bonchev–Trinajstić information content (AvgIpc) is 2.49. The number of aryl methyl sites for hydroxylation is 1. The van der Waals surface area contributed by atoms with Crippen LogP contribution in [0.1, 0.15) is 12.5 Å². The highest BCUT2D eigenvalue weighted by Gasteiger charge is 2.29. The monoisotopic (exact) mass is 384 g/mol. The van der Waals surface area contributed by atoms with Crippen LogP contribution in [-0.4, -0.2) is 26.6 Å². The zero-order chi connectivity index (χ0) is 18.8. The molecule has 1 atom stereocenters. The summed E-state index contributed by atoms with van der Waals surface area (Å²) in [5.74, 6) is -1.15. The number of halogens is 2. The van der Waals surface area contributed by atoms with Crippen LogP contribution in [0.2, 0.25) is 5.02 Å². The molecule has 0 spiro atoms. The van der Waals surface area contributed by atoms with Gasteiger partial charge in [0.25, 0.3) is 0 Å². The Morgan fingerprint density at radius 3 is 2.48 bits per heavy atom. The Balaban J connectivity index is 2.31. The molecule has 2 aromatic carbocycles. The van der Waals surface area contributed by atoms with Gasteiger partial charge in [-0.1, -0.05) is 23.7 Å². The topological polar surface area (TPSA) is 66.5 Å². The van der Waals surface area contributed by atoms with Gasteiger partial charge in [0.1, 0.15) is 11.9 Å². The fourth-order valence-corrected chi connectivity index (χ4v) is 3.69. The summed E-state index contributed by atoms with van der Waals surface area (Å²) in [5.41, 5.74) is 1.37. The Morgan fingerprint density at radius 2 is 1.92 bits per heavy atom. The molecule has 2 aromatic rings. The fraction of sp³-hybridized carbons (Fsp3) is 0.235. The van der Waals surface area contributed by atoms with Crippen LogP contribution in [0.4, 0.5) is 15.8 Å². The molecule has 0 saturated carbocycles. The van der Waals surface area contributed by atoms with Crippen molar-refractivity contribution in [1.82, 2.24) is 0 Å². The fourth-order valence-electron chi connectivity index (χ4n) is 2.34. The van der Waals surface area contributed by atoms with Crippen molar-refractivity contribution in [3.63, 3.8) is 0 Å². The van der Waals surface area contributed by atoms with Crippen LogP contribution in [-0.2, 0) is 14.8 Å². The minimum absolute atomic E-state index is 0.0760. The van der Waals surface area contributed by atoms with Gasteiger partial charge in [-0.15, -0.1) is 0 Å². The van der Waals surface area contributed by atoms with Gasteiger partial charge in [0.15, 0.2) is 0 Å². The Hall–Kier alpha value is -2.12.